The second-order valence-corrected chi connectivity index (χ2v) is 7.88. The highest BCUT2D eigenvalue weighted by Gasteiger charge is 2.29. The lowest BCUT2D eigenvalue weighted by Gasteiger charge is -2.41. The van der Waals surface area contributed by atoms with Crippen molar-refractivity contribution in [3.8, 4) is 0 Å². The van der Waals surface area contributed by atoms with Gasteiger partial charge in [-0.2, -0.15) is 0 Å². The molecular formula is C20H28N6O3. The lowest BCUT2D eigenvalue weighted by molar-refractivity contribution is -0.134. The average molecular weight is 400 g/mol. The van der Waals surface area contributed by atoms with E-state index < -0.39 is 17.9 Å². The van der Waals surface area contributed by atoms with Crippen LogP contribution in [-0.4, -0.2) is 79.0 Å². The van der Waals surface area contributed by atoms with Crippen LogP contribution in [0.2, 0.25) is 0 Å². The van der Waals surface area contributed by atoms with Crippen LogP contribution in [-0.2, 0) is 9.59 Å². The van der Waals surface area contributed by atoms with E-state index in [1.54, 1.807) is 12.3 Å². The normalized spacial score (nSPS) is 24.3. The summed E-state index contributed by atoms with van der Waals surface area (Å²) in [6.07, 6.45) is 4.71. The van der Waals surface area contributed by atoms with Crippen LogP contribution >= 0.6 is 0 Å². The zero-order chi connectivity index (χ0) is 20.2. The fourth-order valence-electron chi connectivity index (χ4n) is 4.29. The van der Waals surface area contributed by atoms with Gasteiger partial charge in [0.1, 0.15) is 11.7 Å². The Morgan fingerprint density at radius 3 is 2.48 bits per heavy atom. The van der Waals surface area contributed by atoms with E-state index in [1.807, 2.05) is 6.07 Å². The first-order chi connectivity index (χ1) is 14.1. The van der Waals surface area contributed by atoms with Gasteiger partial charge in [-0.15, -0.1) is 0 Å². The first-order valence-electron chi connectivity index (χ1n) is 10.4. The van der Waals surface area contributed by atoms with Gasteiger partial charge in [0.15, 0.2) is 0 Å². The van der Waals surface area contributed by atoms with Crippen molar-refractivity contribution in [3.05, 3.63) is 24.0 Å². The molecule has 4 heterocycles. The maximum atomic E-state index is 12.4. The number of nitrogens with one attached hydrogen (secondary N) is 3. The van der Waals surface area contributed by atoms with Gasteiger partial charge in [0, 0.05) is 38.6 Å². The fourth-order valence-corrected chi connectivity index (χ4v) is 4.29. The van der Waals surface area contributed by atoms with Crippen molar-refractivity contribution >= 4 is 23.4 Å². The minimum Gasteiger partial charge on any atom is -0.368 e. The number of piperidine rings is 2. The largest absolute Gasteiger partial charge is 0.368 e. The van der Waals surface area contributed by atoms with Gasteiger partial charge in [-0.3, -0.25) is 24.6 Å². The Labute approximate surface area is 170 Å². The van der Waals surface area contributed by atoms with Gasteiger partial charge in [0.2, 0.25) is 11.8 Å². The van der Waals surface area contributed by atoms with Gasteiger partial charge in [-0.25, -0.2) is 4.98 Å². The quantitative estimate of drug-likeness (QED) is 0.585. The van der Waals surface area contributed by atoms with E-state index in [1.165, 1.54) is 12.8 Å². The van der Waals surface area contributed by atoms with Gasteiger partial charge in [0.25, 0.3) is 5.91 Å². The molecule has 3 saturated heterocycles. The molecule has 1 aromatic heterocycles. The van der Waals surface area contributed by atoms with E-state index in [-0.39, 0.29) is 18.0 Å². The molecule has 4 rings (SSSR count). The fraction of sp³-hybridized carbons (Fsp3) is 0.600. The van der Waals surface area contributed by atoms with Crippen LogP contribution in [0.4, 0.5) is 5.69 Å². The number of nitrogens with zero attached hydrogens (tertiary/aromatic N) is 3. The van der Waals surface area contributed by atoms with E-state index >= 15 is 0 Å². The molecule has 0 aromatic carbocycles. The summed E-state index contributed by atoms with van der Waals surface area (Å²) in [7, 11) is 0. The van der Waals surface area contributed by atoms with Crippen molar-refractivity contribution < 1.29 is 14.4 Å². The highest BCUT2D eigenvalue weighted by atomic mass is 16.2. The summed E-state index contributed by atoms with van der Waals surface area (Å²) in [5.41, 5.74) is 1.28. The summed E-state index contributed by atoms with van der Waals surface area (Å²) >= 11 is 0. The molecule has 0 saturated carbocycles. The van der Waals surface area contributed by atoms with Gasteiger partial charge < -0.3 is 15.5 Å². The number of pyridine rings is 1. The second kappa shape index (κ2) is 8.87. The number of anilines is 1. The molecule has 29 heavy (non-hydrogen) atoms. The second-order valence-electron chi connectivity index (χ2n) is 7.88. The van der Waals surface area contributed by atoms with Gasteiger partial charge in [-0.05, 0) is 44.5 Å². The number of amides is 3. The predicted octanol–water partition coefficient (Wildman–Crippen LogP) is -0.509. The summed E-state index contributed by atoms with van der Waals surface area (Å²) in [5.74, 6) is -1.16. The summed E-state index contributed by atoms with van der Waals surface area (Å²) in [4.78, 5) is 44.6. The zero-order valence-corrected chi connectivity index (χ0v) is 16.5. The number of carbonyl (C=O) groups excluding carboxylic acids is 3. The molecule has 3 amide bonds. The monoisotopic (exact) mass is 400 g/mol. The highest BCUT2D eigenvalue weighted by Crippen LogP contribution is 2.19. The van der Waals surface area contributed by atoms with E-state index in [2.05, 4.69) is 30.7 Å². The Bertz CT molecular complexity index is 754. The van der Waals surface area contributed by atoms with Gasteiger partial charge in [-0.1, -0.05) is 0 Å². The molecule has 9 nitrogen and oxygen atoms in total. The lowest BCUT2D eigenvalue weighted by Crippen LogP contribution is -2.53. The third-order valence-corrected chi connectivity index (χ3v) is 6.03. The van der Waals surface area contributed by atoms with Crippen molar-refractivity contribution in [1.82, 2.24) is 25.8 Å². The predicted molar refractivity (Wildman–Crippen MR) is 108 cm³/mol. The summed E-state index contributed by atoms with van der Waals surface area (Å²) in [5, 5.41) is 8.31. The SMILES string of the molecule is O=C1CC[C@@H](NC(=O)c2ccc(N3CCN(C4CCNCC4)CC3)cn2)C(=O)N1. The molecule has 3 aliphatic heterocycles. The van der Waals surface area contributed by atoms with E-state index in [9.17, 15) is 14.4 Å². The molecule has 3 aliphatic rings. The summed E-state index contributed by atoms with van der Waals surface area (Å²) in [6, 6.07) is 3.60. The van der Waals surface area contributed by atoms with Crippen LogP contribution < -0.4 is 20.9 Å². The van der Waals surface area contributed by atoms with Crippen LogP contribution in [0.25, 0.3) is 0 Å². The Morgan fingerprint density at radius 1 is 1.07 bits per heavy atom. The van der Waals surface area contributed by atoms with Crippen LogP contribution in [0.3, 0.4) is 0 Å². The number of hydrogen-bond donors (Lipinski definition) is 3. The molecule has 0 unspecified atom stereocenters. The average Bonchev–Trinajstić information content (AvgIpc) is 2.76. The zero-order valence-electron chi connectivity index (χ0n) is 16.5. The molecule has 0 spiro atoms. The summed E-state index contributed by atoms with van der Waals surface area (Å²) < 4.78 is 0. The van der Waals surface area contributed by atoms with E-state index in [0.717, 1.165) is 45.0 Å². The third-order valence-electron chi connectivity index (χ3n) is 6.03. The first-order valence-corrected chi connectivity index (χ1v) is 10.4. The molecule has 0 radical (unpaired) electrons. The van der Waals surface area contributed by atoms with Crippen molar-refractivity contribution in [2.75, 3.05) is 44.2 Å². The van der Waals surface area contributed by atoms with Crippen LogP contribution in [0.15, 0.2) is 18.3 Å². The highest BCUT2D eigenvalue weighted by molar-refractivity contribution is 6.03. The molecule has 3 N–H and O–H groups in total. The molecule has 0 aliphatic carbocycles. The Balaban J connectivity index is 1.29. The van der Waals surface area contributed by atoms with Crippen LogP contribution in [0.1, 0.15) is 36.2 Å². The smallest absolute Gasteiger partial charge is 0.270 e. The minimum absolute atomic E-state index is 0.229. The minimum atomic E-state index is -0.690. The number of hydrogen-bond acceptors (Lipinski definition) is 7. The molecule has 9 heteroatoms. The van der Waals surface area contributed by atoms with Crippen molar-refractivity contribution in [1.29, 1.82) is 0 Å². The van der Waals surface area contributed by atoms with E-state index in [4.69, 9.17) is 0 Å². The number of piperazine rings is 1. The Kier molecular flexibility index (Phi) is 6.05. The first kappa shape index (κ1) is 19.8. The van der Waals surface area contributed by atoms with Crippen molar-refractivity contribution in [2.45, 2.75) is 37.8 Å². The number of carbonyl (C=O) groups is 3. The molecule has 3 fully saturated rings. The van der Waals surface area contributed by atoms with Crippen LogP contribution in [0.5, 0.6) is 0 Å². The molecule has 1 atom stereocenters. The Hall–Kier alpha value is -2.52. The molecule has 1 aromatic rings. The number of rotatable bonds is 4. The Morgan fingerprint density at radius 2 is 1.83 bits per heavy atom. The number of aromatic nitrogens is 1. The van der Waals surface area contributed by atoms with Gasteiger partial charge in [0.05, 0.1) is 11.9 Å². The van der Waals surface area contributed by atoms with Crippen LogP contribution in [0, 0.1) is 0 Å². The van der Waals surface area contributed by atoms with Crippen molar-refractivity contribution in [3.63, 3.8) is 0 Å². The lowest BCUT2D eigenvalue weighted by atomic mass is 10.0. The standard InChI is InChI=1S/C20H28N6O3/c27-18-4-3-17(20(29)24-18)23-19(28)16-2-1-15(13-22-16)26-11-9-25(10-12-26)14-5-7-21-8-6-14/h1-2,13-14,17,21H,3-12H2,(H,23,28)(H,24,27,29)/t17-/m1/s1. The maximum Gasteiger partial charge on any atom is 0.270 e. The van der Waals surface area contributed by atoms with Gasteiger partial charge >= 0.3 is 0 Å². The third kappa shape index (κ3) is 4.73. The molecule has 0 bridgehead atoms. The number of imide groups is 1. The maximum absolute atomic E-state index is 12.4. The summed E-state index contributed by atoms with van der Waals surface area (Å²) in [6.45, 7) is 6.21. The molecular weight excluding hydrogens is 372 g/mol. The van der Waals surface area contributed by atoms with Crippen molar-refractivity contribution in [2.24, 2.45) is 0 Å². The topological polar surface area (TPSA) is 107 Å². The molecule has 156 valence electrons. The van der Waals surface area contributed by atoms with E-state index in [0.29, 0.717) is 12.5 Å².